The van der Waals surface area contributed by atoms with Crippen molar-refractivity contribution in [3.63, 3.8) is 0 Å². The lowest BCUT2D eigenvalue weighted by Crippen LogP contribution is -2.18. The highest BCUT2D eigenvalue weighted by molar-refractivity contribution is 7.99. The van der Waals surface area contributed by atoms with E-state index in [1.807, 2.05) is 0 Å². The lowest BCUT2D eigenvalue weighted by molar-refractivity contribution is -0.385. The van der Waals surface area contributed by atoms with Crippen molar-refractivity contribution in [2.45, 2.75) is 23.6 Å². The van der Waals surface area contributed by atoms with Crippen LogP contribution < -0.4 is 0 Å². The van der Waals surface area contributed by atoms with Crippen LogP contribution in [0.3, 0.4) is 0 Å². The van der Waals surface area contributed by atoms with Crippen LogP contribution in [0.15, 0.2) is 81.7 Å². The number of nitro groups is 2. The first-order valence-corrected chi connectivity index (χ1v) is 10.6. The molecule has 11 heteroatoms. The van der Waals surface area contributed by atoms with Crippen molar-refractivity contribution < 1.29 is 24.3 Å². The Morgan fingerprint density at radius 3 is 1.88 bits per heavy atom. The fraction of sp³-hybridized carbons (Fsp3) is 0.0870. The second-order valence-electron chi connectivity index (χ2n) is 6.99. The van der Waals surface area contributed by atoms with E-state index in [1.54, 1.807) is 43.3 Å². The third kappa shape index (κ3) is 5.90. The minimum absolute atomic E-state index is 0.00794. The molecule has 172 valence electrons. The van der Waals surface area contributed by atoms with Crippen LogP contribution in [0.5, 0.6) is 0 Å². The molecule has 0 atom stereocenters. The summed E-state index contributed by atoms with van der Waals surface area (Å²) >= 11 is 1.36. The van der Waals surface area contributed by atoms with Gasteiger partial charge in [0.2, 0.25) is 5.78 Å². The van der Waals surface area contributed by atoms with Gasteiger partial charge in [-0.15, -0.1) is 0 Å². The summed E-state index contributed by atoms with van der Waals surface area (Å²) in [5.74, 6) is -1.26. The Bertz CT molecular complexity index is 1300. The summed E-state index contributed by atoms with van der Waals surface area (Å²) in [4.78, 5) is 51.5. The van der Waals surface area contributed by atoms with Gasteiger partial charge in [0.1, 0.15) is 0 Å². The van der Waals surface area contributed by atoms with E-state index in [-0.39, 0.29) is 22.6 Å². The first kappa shape index (κ1) is 24.3. The van der Waals surface area contributed by atoms with E-state index in [2.05, 4.69) is 5.16 Å². The molecule has 0 saturated heterocycles. The molecule has 0 heterocycles. The maximum Gasteiger partial charge on any atom is 0.332 e. The highest BCUT2D eigenvalue weighted by Crippen LogP contribution is 2.29. The van der Waals surface area contributed by atoms with Crippen LogP contribution in [0.2, 0.25) is 0 Å². The lowest BCUT2D eigenvalue weighted by Gasteiger charge is -2.09. The van der Waals surface area contributed by atoms with Gasteiger partial charge in [-0.1, -0.05) is 16.9 Å². The fourth-order valence-electron chi connectivity index (χ4n) is 2.93. The largest absolute Gasteiger partial charge is 0.332 e. The molecule has 0 aliphatic rings. The van der Waals surface area contributed by atoms with Gasteiger partial charge in [0.25, 0.3) is 11.4 Å². The molecule has 0 bridgehead atoms. The average Bonchev–Trinajstić information content (AvgIpc) is 2.80. The van der Waals surface area contributed by atoms with Crippen molar-refractivity contribution >= 4 is 40.6 Å². The molecule has 0 aliphatic heterocycles. The number of benzene rings is 3. The van der Waals surface area contributed by atoms with Crippen LogP contribution >= 0.6 is 11.8 Å². The first-order valence-electron chi connectivity index (χ1n) is 9.74. The third-order valence-electron chi connectivity index (χ3n) is 4.56. The number of carbonyl (C=O) groups is 2. The smallest absolute Gasteiger partial charge is 0.318 e. The van der Waals surface area contributed by atoms with E-state index >= 15 is 0 Å². The molecule has 0 saturated carbocycles. The molecule has 10 nitrogen and oxygen atoms in total. The first-order chi connectivity index (χ1) is 16.2. The highest BCUT2D eigenvalue weighted by atomic mass is 32.2. The van der Waals surface area contributed by atoms with E-state index in [9.17, 15) is 29.8 Å². The number of carbonyl (C=O) groups excluding carboxylic acids is 2. The Morgan fingerprint density at radius 1 is 0.853 bits per heavy atom. The predicted molar refractivity (Wildman–Crippen MR) is 124 cm³/mol. The monoisotopic (exact) mass is 479 g/mol. The summed E-state index contributed by atoms with van der Waals surface area (Å²) in [7, 11) is 0. The molecule has 0 amide bonds. The van der Waals surface area contributed by atoms with Gasteiger partial charge in [0.15, 0.2) is 5.71 Å². The number of hydrogen-bond donors (Lipinski definition) is 0. The zero-order valence-corrected chi connectivity index (χ0v) is 18.8. The molecular weight excluding hydrogens is 462 g/mol. The van der Waals surface area contributed by atoms with Gasteiger partial charge in [0.05, 0.1) is 9.85 Å². The van der Waals surface area contributed by atoms with E-state index in [0.29, 0.717) is 11.1 Å². The van der Waals surface area contributed by atoms with Gasteiger partial charge in [-0.2, -0.15) is 0 Å². The summed E-state index contributed by atoms with van der Waals surface area (Å²) in [6.45, 7) is 2.72. The van der Waals surface area contributed by atoms with Crippen molar-refractivity contribution in [1.82, 2.24) is 0 Å². The molecule has 0 N–H and O–H groups in total. The van der Waals surface area contributed by atoms with Crippen molar-refractivity contribution in [2.24, 2.45) is 5.16 Å². The average molecular weight is 479 g/mol. The zero-order chi connectivity index (χ0) is 24.8. The molecule has 34 heavy (non-hydrogen) atoms. The predicted octanol–water partition coefficient (Wildman–Crippen LogP) is 5.11. The standard InChI is InChI=1S/C23H17N3O7S/c1-14-13-18(26(31)32)7-12-21(14)22(24-33-15(2)27)23(28)16-3-8-19(9-4-16)34-20-10-5-17(6-11-20)25(29)30/h3-13H,1-2H3. The summed E-state index contributed by atoms with van der Waals surface area (Å²) in [5.41, 5.74) is 0.648. The third-order valence-corrected chi connectivity index (χ3v) is 5.57. The van der Waals surface area contributed by atoms with Crippen LogP contribution in [-0.4, -0.2) is 27.3 Å². The number of nitrogens with zero attached hydrogens (tertiary/aromatic N) is 3. The van der Waals surface area contributed by atoms with E-state index in [1.165, 1.54) is 42.1 Å². The van der Waals surface area contributed by atoms with Gasteiger partial charge in [-0.25, -0.2) is 4.79 Å². The van der Waals surface area contributed by atoms with Crippen LogP contribution in [0, 0.1) is 27.2 Å². The summed E-state index contributed by atoms with van der Waals surface area (Å²) in [6.07, 6.45) is 0. The van der Waals surface area contributed by atoms with E-state index in [4.69, 9.17) is 4.84 Å². The SMILES string of the molecule is CC(=O)ON=C(C(=O)c1ccc(Sc2ccc([N+](=O)[O-])cc2)cc1)c1ccc([N+](=O)[O-])cc1C. The highest BCUT2D eigenvalue weighted by Gasteiger charge is 2.21. The van der Waals surface area contributed by atoms with Crippen molar-refractivity contribution in [2.75, 3.05) is 0 Å². The molecule has 3 aromatic rings. The minimum Gasteiger partial charge on any atom is -0.318 e. The number of hydrogen-bond acceptors (Lipinski definition) is 9. The molecule has 0 spiro atoms. The minimum atomic E-state index is -0.722. The van der Waals surface area contributed by atoms with Crippen molar-refractivity contribution in [3.05, 3.63) is 104 Å². The summed E-state index contributed by atoms with van der Waals surface area (Å²) in [6, 6.07) is 16.5. The number of oxime groups is 1. The number of aryl methyl sites for hydroxylation is 1. The number of rotatable bonds is 8. The Balaban J connectivity index is 1.86. The molecule has 0 fully saturated rings. The van der Waals surface area contributed by atoms with Gasteiger partial charge in [-0.3, -0.25) is 25.0 Å². The van der Waals surface area contributed by atoms with Crippen LogP contribution in [0.25, 0.3) is 0 Å². The Labute approximate surface area is 197 Å². The van der Waals surface area contributed by atoms with Gasteiger partial charge in [0, 0.05) is 52.1 Å². The Hall–Kier alpha value is -4.38. The lowest BCUT2D eigenvalue weighted by atomic mass is 9.97. The number of Topliss-reactive ketones (excluding diaryl/α,β-unsaturated/α-hetero) is 1. The topological polar surface area (TPSA) is 142 Å². The molecule has 0 aliphatic carbocycles. The van der Waals surface area contributed by atoms with Crippen molar-refractivity contribution in [1.29, 1.82) is 0 Å². The van der Waals surface area contributed by atoms with Crippen LogP contribution in [0.1, 0.15) is 28.4 Å². The Kier molecular flexibility index (Phi) is 7.49. The fourth-order valence-corrected chi connectivity index (χ4v) is 3.75. The van der Waals surface area contributed by atoms with Gasteiger partial charge >= 0.3 is 5.97 Å². The normalized spacial score (nSPS) is 11.1. The van der Waals surface area contributed by atoms with Crippen molar-refractivity contribution in [3.8, 4) is 0 Å². The quantitative estimate of drug-likeness (QED) is 0.143. The molecule has 0 radical (unpaired) electrons. The zero-order valence-electron chi connectivity index (χ0n) is 18.0. The molecule has 0 unspecified atom stereocenters. The van der Waals surface area contributed by atoms with Gasteiger partial charge < -0.3 is 4.84 Å². The molecule has 3 rings (SSSR count). The van der Waals surface area contributed by atoms with Crippen LogP contribution in [0.4, 0.5) is 11.4 Å². The van der Waals surface area contributed by atoms with Gasteiger partial charge in [-0.05, 0) is 55.0 Å². The molecule has 3 aromatic carbocycles. The summed E-state index contributed by atoms with van der Waals surface area (Å²) < 4.78 is 0. The maximum atomic E-state index is 13.2. The Morgan fingerprint density at radius 2 is 1.38 bits per heavy atom. The number of nitro benzene ring substituents is 2. The summed E-state index contributed by atoms with van der Waals surface area (Å²) in [5, 5.41) is 25.5. The number of non-ortho nitro benzene ring substituents is 2. The van der Waals surface area contributed by atoms with E-state index in [0.717, 1.165) is 16.7 Å². The number of ketones is 1. The molecular formula is C23H17N3O7S. The molecule has 0 aromatic heterocycles. The van der Waals surface area contributed by atoms with Crippen LogP contribution in [-0.2, 0) is 9.63 Å². The van der Waals surface area contributed by atoms with E-state index < -0.39 is 21.6 Å². The second-order valence-corrected chi connectivity index (χ2v) is 8.13. The maximum absolute atomic E-state index is 13.2. The second kappa shape index (κ2) is 10.5.